The molecule has 0 saturated carbocycles. The van der Waals surface area contributed by atoms with Crippen molar-refractivity contribution in [3.05, 3.63) is 59.2 Å². The molecular formula is C17H16N4OS. The molecule has 1 aliphatic heterocycles. The number of amides is 1. The first kappa shape index (κ1) is 15.2. The Labute approximate surface area is 139 Å². The highest BCUT2D eigenvalue weighted by molar-refractivity contribution is 7.80. The van der Waals surface area contributed by atoms with Gasteiger partial charge in [0, 0.05) is 11.3 Å². The smallest absolute Gasteiger partial charge is 0.276 e. The molecule has 1 aliphatic rings. The molecule has 116 valence electrons. The van der Waals surface area contributed by atoms with Gasteiger partial charge in [-0.3, -0.25) is 10.2 Å². The summed E-state index contributed by atoms with van der Waals surface area (Å²) in [5.74, 6) is -0.239. The van der Waals surface area contributed by atoms with Crippen LogP contribution in [0.3, 0.4) is 0 Å². The molecule has 0 atom stereocenters. The van der Waals surface area contributed by atoms with Crippen molar-refractivity contribution in [3.8, 4) is 0 Å². The van der Waals surface area contributed by atoms with Gasteiger partial charge in [-0.1, -0.05) is 23.8 Å². The standard InChI is InChI=1S/C17H16N4OS/c1-10-4-3-5-12(8-10)18-17(23)21-20-15-13-9-11(2)6-7-14(13)19-16(15)22/h3-9H,1-2H3,(H2,18,21,23)(H,19,20,22). The molecule has 6 heteroatoms. The zero-order valence-electron chi connectivity index (χ0n) is 12.8. The molecule has 0 unspecified atom stereocenters. The zero-order valence-corrected chi connectivity index (χ0v) is 13.6. The van der Waals surface area contributed by atoms with E-state index in [9.17, 15) is 4.79 Å². The van der Waals surface area contributed by atoms with Gasteiger partial charge >= 0.3 is 0 Å². The van der Waals surface area contributed by atoms with Crippen molar-refractivity contribution in [1.29, 1.82) is 0 Å². The molecule has 23 heavy (non-hydrogen) atoms. The van der Waals surface area contributed by atoms with Gasteiger partial charge in [-0.15, -0.1) is 0 Å². The van der Waals surface area contributed by atoms with Gasteiger partial charge in [0.15, 0.2) is 10.8 Å². The van der Waals surface area contributed by atoms with Gasteiger partial charge in [-0.25, -0.2) is 0 Å². The van der Waals surface area contributed by atoms with Gasteiger partial charge in [-0.05, 0) is 55.9 Å². The van der Waals surface area contributed by atoms with Crippen LogP contribution in [0.4, 0.5) is 11.4 Å². The van der Waals surface area contributed by atoms with E-state index in [1.807, 2.05) is 56.3 Å². The number of thiocarbonyl (C=S) groups is 1. The Hall–Kier alpha value is -2.73. The normalized spacial score (nSPS) is 14.3. The van der Waals surface area contributed by atoms with E-state index in [4.69, 9.17) is 12.2 Å². The molecule has 0 spiro atoms. The second kappa shape index (κ2) is 6.18. The monoisotopic (exact) mass is 324 g/mol. The lowest BCUT2D eigenvalue weighted by atomic mass is 10.1. The van der Waals surface area contributed by atoms with Gasteiger partial charge < -0.3 is 10.6 Å². The molecule has 3 N–H and O–H groups in total. The summed E-state index contributed by atoms with van der Waals surface area (Å²) in [7, 11) is 0. The number of carbonyl (C=O) groups excluding carboxylic acids is 1. The average Bonchev–Trinajstić information content (AvgIpc) is 2.80. The van der Waals surface area contributed by atoms with Crippen LogP contribution in [0.25, 0.3) is 0 Å². The highest BCUT2D eigenvalue weighted by Crippen LogP contribution is 2.24. The lowest BCUT2D eigenvalue weighted by Gasteiger charge is -2.08. The summed E-state index contributed by atoms with van der Waals surface area (Å²) in [6.07, 6.45) is 0. The minimum absolute atomic E-state index is 0.239. The number of hydrogen-bond donors (Lipinski definition) is 3. The van der Waals surface area contributed by atoms with Gasteiger partial charge in [0.25, 0.3) is 5.91 Å². The minimum atomic E-state index is -0.239. The molecule has 0 aliphatic carbocycles. The Bertz CT molecular complexity index is 829. The average molecular weight is 324 g/mol. The van der Waals surface area contributed by atoms with Crippen molar-refractivity contribution in [3.63, 3.8) is 0 Å². The number of aryl methyl sites for hydroxylation is 2. The van der Waals surface area contributed by atoms with E-state index in [-0.39, 0.29) is 5.91 Å². The molecule has 0 bridgehead atoms. The maximum absolute atomic E-state index is 12.0. The highest BCUT2D eigenvalue weighted by Gasteiger charge is 2.26. The van der Waals surface area contributed by atoms with E-state index in [0.717, 1.165) is 28.1 Å². The summed E-state index contributed by atoms with van der Waals surface area (Å²) >= 11 is 5.22. The summed E-state index contributed by atoms with van der Waals surface area (Å²) in [5.41, 5.74) is 7.66. The van der Waals surface area contributed by atoms with Gasteiger partial charge in [0.2, 0.25) is 0 Å². The predicted molar refractivity (Wildman–Crippen MR) is 96.9 cm³/mol. The number of carbonyl (C=O) groups is 1. The van der Waals surface area contributed by atoms with Gasteiger partial charge in [0.05, 0.1) is 5.69 Å². The SMILES string of the molecule is Cc1cccc(NC(=S)N/N=C2\C(=O)Nc3ccc(C)cc32)c1. The van der Waals surface area contributed by atoms with E-state index >= 15 is 0 Å². The van der Waals surface area contributed by atoms with Crippen molar-refractivity contribution >= 4 is 40.3 Å². The first-order valence-electron chi connectivity index (χ1n) is 7.16. The van der Waals surface area contributed by atoms with E-state index in [1.54, 1.807) is 0 Å². The van der Waals surface area contributed by atoms with Crippen molar-refractivity contribution in [2.24, 2.45) is 5.10 Å². The predicted octanol–water partition coefficient (Wildman–Crippen LogP) is 2.95. The lowest BCUT2D eigenvalue weighted by Crippen LogP contribution is -2.27. The Kier molecular flexibility index (Phi) is 4.08. The summed E-state index contributed by atoms with van der Waals surface area (Å²) in [6.45, 7) is 3.97. The first-order valence-corrected chi connectivity index (χ1v) is 7.57. The maximum atomic E-state index is 12.0. The molecule has 0 fully saturated rings. The number of hydrazone groups is 1. The molecule has 0 aromatic heterocycles. The van der Waals surface area contributed by atoms with Gasteiger partial charge in [0.1, 0.15) is 0 Å². The van der Waals surface area contributed by atoms with Crippen molar-refractivity contribution < 1.29 is 4.79 Å². The van der Waals surface area contributed by atoms with E-state index in [0.29, 0.717) is 10.8 Å². The number of rotatable bonds is 2. The van der Waals surface area contributed by atoms with Crippen LogP contribution in [-0.2, 0) is 4.79 Å². The molecule has 2 aromatic carbocycles. The molecular weight excluding hydrogens is 308 g/mol. The Balaban J connectivity index is 1.74. The largest absolute Gasteiger partial charge is 0.331 e. The molecule has 1 amide bonds. The van der Waals surface area contributed by atoms with Crippen LogP contribution in [-0.4, -0.2) is 16.7 Å². The highest BCUT2D eigenvalue weighted by atomic mass is 32.1. The van der Waals surface area contributed by atoms with Crippen LogP contribution >= 0.6 is 12.2 Å². The quantitative estimate of drug-likeness (QED) is 0.587. The van der Waals surface area contributed by atoms with Crippen LogP contribution in [0.1, 0.15) is 16.7 Å². The summed E-state index contributed by atoms with van der Waals surface area (Å²) < 4.78 is 0. The van der Waals surface area contributed by atoms with Crippen LogP contribution in [0.5, 0.6) is 0 Å². The number of nitrogens with one attached hydrogen (secondary N) is 3. The Morgan fingerprint density at radius 1 is 1.13 bits per heavy atom. The number of anilines is 2. The molecule has 2 aromatic rings. The fourth-order valence-corrected chi connectivity index (χ4v) is 2.53. The maximum Gasteiger partial charge on any atom is 0.276 e. The fraction of sp³-hybridized carbons (Fsp3) is 0.118. The third kappa shape index (κ3) is 3.37. The lowest BCUT2D eigenvalue weighted by molar-refractivity contribution is -0.110. The second-order valence-corrected chi connectivity index (χ2v) is 5.81. The second-order valence-electron chi connectivity index (χ2n) is 5.40. The van der Waals surface area contributed by atoms with Crippen molar-refractivity contribution in [2.45, 2.75) is 13.8 Å². The summed E-state index contributed by atoms with van der Waals surface area (Å²) in [6, 6.07) is 13.6. The first-order chi connectivity index (χ1) is 11.0. The third-order valence-corrected chi connectivity index (χ3v) is 3.63. The van der Waals surface area contributed by atoms with Crippen LogP contribution < -0.4 is 16.1 Å². The molecule has 3 rings (SSSR count). The third-order valence-electron chi connectivity index (χ3n) is 3.44. The number of hydrogen-bond acceptors (Lipinski definition) is 3. The topological polar surface area (TPSA) is 65.5 Å². The number of nitrogens with zero attached hydrogens (tertiary/aromatic N) is 1. The van der Waals surface area contributed by atoms with E-state index in [1.165, 1.54) is 0 Å². The van der Waals surface area contributed by atoms with Crippen molar-refractivity contribution in [2.75, 3.05) is 10.6 Å². The Morgan fingerprint density at radius 2 is 1.91 bits per heavy atom. The summed E-state index contributed by atoms with van der Waals surface area (Å²) in [5, 5.41) is 10.3. The zero-order chi connectivity index (χ0) is 16.4. The Morgan fingerprint density at radius 3 is 2.70 bits per heavy atom. The van der Waals surface area contributed by atoms with Crippen LogP contribution in [0.2, 0.25) is 0 Å². The molecule has 5 nitrogen and oxygen atoms in total. The van der Waals surface area contributed by atoms with Gasteiger partial charge in [-0.2, -0.15) is 5.10 Å². The van der Waals surface area contributed by atoms with Crippen LogP contribution in [0.15, 0.2) is 47.6 Å². The van der Waals surface area contributed by atoms with Crippen LogP contribution in [0, 0.1) is 13.8 Å². The van der Waals surface area contributed by atoms with E-state index in [2.05, 4.69) is 21.2 Å². The minimum Gasteiger partial charge on any atom is -0.331 e. The molecule has 0 radical (unpaired) electrons. The fourth-order valence-electron chi connectivity index (χ4n) is 2.37. The molecule has 1 heterocycles. The summed E-state index contributed by atoms with van der Waals surface area (Å²) in [4.78, 5) is 12.0. The van der Waals surface area contributed by atoms with E-state index < -0.39 is 0 Å². The molecule has 0 saturated heterocycles. The number of fused-ring (bicyclic) bond motifs is 1. The van der Waals surface area contributed by atoms with Crippen molar-refractivity contribution in [1.82, 2.24) is 5.43 Å². The number of benzene rings is 2.